The van der Waals surface area contributed by atoms with Crippen LogP contribution in [0.25, 0.3) is 0 Å². The first kappa shape index (κ1) is 23.9. The van der Waals surface area contributed by atoms with Crippen molar-refractivity contribution in [1.82, 2.24) is 10.6 Å². The van der Waals surface area contributed by atoms with Gasteiger partial charge in [0.25, 0.3) is 5.91 Å². The average molecular weight is 487 g/mol. The first-order valence-corrected chi connectivity index (χ1v) is 10.6. The number of aliphatic hydroxyl groups is 2. The highest BCUT2D eigenvalue weighted by Crippen LogP contribution is 2.40. The fourth-order valence-electron chi connectivity index (χ4n) is 3.69. The Balaban J connectivity index is 1.26. The van der Waals surface area contributed by atoms with Gasteiger partial charge in [0.1, 0.15) is 24.0 Å². The van der Waals surface area contributed by atoms with Crippen molar-refractivity contribution >= 4 is 17.5 Å². The average Bonchev–Trinajstić information content (AvgIpc) is 3.50. The number of amides is 1. The molecule has 33 heavy (non-hydrogen) atoms. The summed E-state index contributed by atoms with van der Waals surface area (Å²) in [6, 6.07) is 11.0. The highest BCUT2D eigenvalue weighted by molar-refractivity contribution is 6.31. The molecule has 4 N–H and O–H groups in total. The van der Waals surface area contributed by atoms with Gasteiger partial charge in [-0.2, -0.15) is 13.2 Å². The number of alkyl halides is 3. The van der Waals surface area contributed by atoms with Gasteiger partial charge in [-0.15, -0.1) is 0 Å². The normalized spacial score (nSPS) is 29.2. The molecule has 2 aromatic rings. The van der Waals surface area contributed by atoms with Gasteiger partial charge in [-0.3, -0.25) is 10.1 Å². The van der Waals surface area contributed by atoms with Gasteiger partial charge in [-0.05, 0) is 30.3 Å². The second-order valence-electron chi connectivity index (χ2n) is 8.06. The molecule has 2 heterocycles. The molecule has 0 bridgehead atoms. The van der Waals surface area contributed by atoms with E-state index in [0.29, 0.717) is 5.02 Å². The Bertz CT molecular complexity index is 1010. The lowest BCUT2D eigenvalue weighted by atomic mass is 9.96. The minimum Gasteiger partial charge on any atom is -0.387 e. The molecule has 0 aromatic heterocycles. The number of hydrogen-bond acceptors (Lipinski definition) is 6. The highest BCUT2D eigenvalue weighted by Gasteiger charge is 2.49. The lowest BCUT2D eigenvalue weighted by Gasteiger charge is -2.26. The topological polar surface area (TPSA) is 103 Å². The van der Waals surface area contributed by atoms with Crippen molar-refractivity contribution in [3.05, 3.63) is 70.2 Å². The lowest BCUT2D eigenvalue weighted by Crippen LogP contribution is -2.53. The molecule has 4 rings (SSSR count). The zero-order valence-electron chi connectivity index (χ0n) is 17.2. The van der Waals surface area contributed by atoms with Crippen LogP contribution in [0.2, 0.25) is 5.02 Å². The Labute approximate surface area is 192 Å². The maximum Gasteiger partial charge on any atom is 0.416 e. The summed E-state index contributed by atoms with van der Waals surface area (Å²) in [7, 11) is 0. The summed E-state index contributed by atoms with van der Waals surface area (Å²) < 4.78 is 49.0. The molecule has 0 spiro atoms. The van der Waals surface area contributed by atoms with E-state index in [4.69, 9.17) is 21.1 Å². The number of nitrogens with one attached hydrogen (secondary N) is 2. The van der Waals surface area contributed by atoms with E-state index in [1.807, 2.05) is 18.2 Å². The van der Waals surface area contributed by atoms with Crippen LogP contribution in [0.3, 0.4) is 0 Å². The molecular formula is C22H22ClF3N2O5. The molecule has 2 saturated heterocycles. The van der Waals surface area contributed by atoms with Crippen molar-refractivity contribution < 1.29 is 37.7 Å². The van der Waals surface area contributed by atoms with E-state index in [-0.39, 0.29) is 37.6 Å². The van der Waals surface area contributed by atoms with Crippen LogP contribution in [0.4, 0.5) is 13.2 Å². The van der Waals surface area contributed by atoms with Gasteiger partial charge in [-0.1, -0.05) is 29.8 Å². The molecule has 0 radical (unpaired) electrons. The summed E-state index contributed by atoms with van der Waals surface area (Å²) in [4.78, 5) is 12.2. The maximum atomic E-state index is 12.7. The van der Waals surface area contributed by atoms with Crippen molar-refractivity contribution in [3.63, 3.8) is 0 Å². The monoisotopic (exact) mass is 486 g/mol. The van der Waals surface area contributed by atoms with Gasteiger partial charge in [0, 0.05) is 22.7 Å². The number of ether oxygens (including phenoxy) is 2. The highest BCUT2D eigenvalue weighted by atomic mass is 35.5. The summed E-state index contributed by atoms with van der Waals surface area (Å²) in [6.45, 7) is -0.387. The number of benzene rings is 2. The first-order chi connectivity index (χ1) is 15.6. The second-order valence-corrected chi connectivity index (χ2v) is 8.47. The van der Waals surface area contributed by atoms with Crippen LogP contribution in [0.15, 0.2) is 48.5 Å². The van der Waals surface area contributed by atoms with E-state index in [2.05, 4.69) is 10.6 Å². The van der Waals surface area contributed by atoms with Gasteiger partial charge in [0.05, 0.1) is 24.8 Å². The van der Waals surface area contributed by atoms with Crippen molar-refractivity contribution in [2.75, 3.05) is 19.7 Å². The predicted octanol–water partition coefficient (Wildman–Crippen LogP) is 2.27. The molecule has 0 saturated carbocycles. The molecule has 7 nitrogen and oxygen atoms in total. The summed E-state index contributed by atoms with van der Waals surface area (Å²) in [5, 5.41) is 27.3. The van der Waals surface area contributed by atoms with E-state index in [1.54, 1.807) is 6.07 Å². The van der Waals surface area contributed by atoms with Crippen LogP contribution in [-0.2, 0) is 15.7 Å². The number of epoxide rings is 1. The third-order valence-electron chi connectivity index (χ3n) is 5.70. The molecule has 2 aliphatic rings. The van der Waals surface area contributed by atoms with Crippen molar-refractivity contribution in [2.45, 2.75) is 36.3 Å². The fourth-order valence-corrected chi connectivity index (χ4v) is 3.93. The maximum absolute atomic E-state index is 12.7. The summed E-state index contributed by atoms with van der Waals surface area (Å²) >= 11 is 6.15. The molecule has 0 aliphatic carbocycles. The van der Waals surface area contributed by atoms with Crippen LogP contribution < -0.4 is 10.6 Å². The van der Waals surface area contributed by atoms with Gasteiger partial charge in [-0.25, -0.2) is 0 Å². The Morgan fingerprint density at radius 2 is 1.88 bits per heavy atom. The molecule has 1 amide bonds. The summed E-state index contributed by atoms with van der Waals surface area (Å²) in [5.74, 6) is -0.681. The molecular weight excluding hydrogens is 465 g/mol. The summed E-state index contributed by atoms with van der Waals surface area (Å²) in [5.41, 5.74) is -1.79. The molecule has 178 valence electrons. The van der Waals surface area contributed by atoms with Gasteiger partial charge >= 0.3 is 6.18 Å². The van der Waals surface area contributed by atoms with Gasteiger partial charge in [0.2, 0.25) is 0 Å². The third kappa shape index (κ3) is 5.32. The van der Waals surface area contributed by atoms with E-state index in [0.717, 1.165) is 29.8 Å². The number of hydrogen-bond donors (Lipinski definition) is 4. The molecule has 2 unspecified atom stereocenters. The van der Waals surface area contributed by atoms with Crippen LogP contribution in [-0.4, -0.2) is 59.9 Å². The number of aliphatic hydroxyl groups excluding tert-OH is 1. The molecule has 2 aliphatic heterocycles. The SMILES string of the molecule is O=C(NC[C@]1(O)CO[C@H](CNC2OC2c2ccccc2Cl)[C@H]1O)c1ccc(C(F)(F)F)cc1. The van der Waals surface area contributed by atoms with E-state index in [1.165, 1.54) is 0 Å². The van der Waals surface area contributed by atoms with Crippen LogP contribution in [0, 0.1) is 0 Å². The first-order valence-electron chi connectivity index (χ1n) is 10.2. The Hall–Kier alpha value is -2.21. The number of rotatable bonds is 7. The Kier molecular flexibility index (Phi) is 6.68. The van der Waals surface area contributed by atoms with Gasteiger partial charge < -0.3 is 25.0 Å². The van der Waals surface area contributed by atoms with Crippen LogP contribution >= 0.6 is 11.6 Å². The number of carbonyl (C=O) groups excluding carboxylic acids is 1. The Morgan fingerprint density at radius 1 is 1.18 bits per heavy atom. The minimum atomic E-state index is -4.50. The summed E-state index contributed by atoms with van der Waals surface area (Å²) in [6.07, 6.45) is -7.10. The minimum absolute atomic E-state index is 0.00489. The van der Waals surface area contributed by atoms with Crippen molar-refractivity contribution in [2.24, 2.45) is 0 Å². The second kappa shape index (κ2) is 9.21. The van der Waals surface area contributed by atoms with Crippen LogP contribution in [0.1, 0.15) is 27.6 Å². The van der Waals surface area contributed by atoms with Crippen molar-refractivity contribution in [1.29, 1.82) is 0 Å². The Morgan fingerprint density at radius 3 is 2.55 bits per heavy atom. The lowest BCUT2D eigenvalue weighted by molar-refractivity contribution is -0.137. The smallest absolute Gasteiger partial charge is 0.387 e. The van der Waals surface area contributed by atoms with Gasteiger partial charge in [0.15, 0.2) is 0 Å². The fraction of sp³-hybridized carbons (Fsp3) is 0.409. The largest absolute Gasteiger partial charge is 0.416 e. The number of halogens is 4. The van der Waals surface area contributed by atoms with Crippen molar-refractivity contribution in [3.8, 4) is 0 Å². The van der Waals surface area contributed by atoms with E-state index in [9.17, 15) is 28.2 Å². The van der Waals surface area contributed by atoms with E-state index >= 15 is 0 Å². The zero-order chi connectivity index (χ0) is 23.8. The predicted molar refractivity (Wildman–Crippen MR) is 112 cm³/mol. The molecule has 5 atom stereocenters. The zero-order valence-corrected chi connectivity index (χ0v) is 17.9. The van der Waals surface area contributed by atoms with E-state index < -0.39 is 35.5 Å². The molecule has 2 aromatic carbocycles. The van der Waals surface area contributed by atoms with Crippen LogP contribution in [0.5, 0.6) is 0 Å². The molecule has 11 heteroatoms. The standard InChI is InChI=1S/C22H22ClF3N2O5/c23-15-4-2-1-3-14(15)17-20(33-17)27-9-16-18(29)21(31,11-32-16)10-28-19(30)12-5-7-13(8-6-12)22(24,25)26/h1-8,16-18,20,27,29,31H,9-11H2,(H,28,30)/t16-,17?,18-,20?,21+/m1/s1. The molecule has 2 fully saturated rings. The number of carbonyl (C=O) groups is 1. The quantitative estimate of drug-likeness (QED) is 0.448. The third-order valence-corrected chi connectivity index (χ3v) is 6.05.